The summed E-state index contributed by atoms with van der Waals surface area (Å²) < 4.78 is 1.67. The molecular formula is C12H15ClN6O. The number of nitrogens with one attached hydrogen (secondary N) is 1. The number of amides is 1. The standard InChI is InChI=1S/C12H15ClN6O/c1-14-11(20)8-2-4-18(5-3-8)10-6-9(13)17-12-15-7-16-19(10)12/h6-8H,2-5H2,1H3,(H,14,20). The van der Waals surface area contributed by atoms with Crippen LogP contribution in [-0.2, 0) is 4.79 Å². The number of rotatable bonds is 2. The van der Waals surface area contributed by atoms with Gasteiger partial charge in [0.25, 0.3) is 5.78 Å². The monoisotopic (exact) mass is 294 g/mol. The molecule has 3 rings (SSSR count). The maximum absolute atomic E-state index is 11.6. The molecule has 2 aromatic rings. The van der Waals surface area contributed by atoms with E-state index in [1.807, 2.05) is 0 Å². The fraction of sp³-hybridized carbons (Fsp3) is 0.500. The second kappa shape index (κ2) is 5.24. The lowest BCUT2D eigenvalue weighted by molar-refractivity contribution is -0.125. The quantitative estimate of drug-likeness (QED) is 0.827. The summed E-state index contributed by atoms with van der Waals surface area (Å²) >= 11 is 6.02. The molecule has 20 heavy (non-hydrogen) atoms. The van der Waals surface area contributed by atoms with Gasteiger partial charge < -0.3 is 10.2 Å². The minimum atomic E-state index is 0.0831. The molecule has 1 fully saturated rings. The van der Waals surface area contributed by atoms with Crippen molar-refractivity contribution in [2.75, 3.05) is 25.0 Å². The van der Waals surface area contributed by atoms with Gasteiger partial charge in [-0.2, -0.15) is 19.6 Å². The Balaban J connectivity index is 1.83. The van der Waals surface area contributed by atoms with Crippen LogP contribution in [0.15, 0.2) is 12.4 Å². The van der Waals surface area contributed by atoms with Crippen LogP contribution in [0.4, 0.5) is 5.82 Å². The fourth-order valence-corrected chi connectivity index (χ4v) is 2.74. The predicted molar refractivity (Wildman–Crippen MR) is 74.8 cm³/mol. The highest BCUT2D eigenvalue weighted by atomic mass is 35.5. The molecule has 8 heteroatoms. The average Bonchev–Trinajstić information content (AvgIpc) is 2.94. The van der Waals surface area contributed by atoms with Crippen LogP contribution < -0.4 is 10.2 Å². The Labute approximate surface area is 121 Å². The Morgan fingerprint density at radius 1 is 1.45 bits per heavy atom. The minimum absolute atomic E-state index is 0.0831. The van der Waals surface area contributed by atoms with Crippen LogP contribution in [0.25, 0.3) is 5.78 Å². The Morgan fingerprint density at radius 3 is 2.90 bits per heavy atom. The first-order chi connectivity index (χ1) is 9.69. The van der Waals surface area contributed by atoms with E-state index in [4.69, 9.17) is 11.6 Å². The van der Waals surface area contributed by atoms with Crippen LogP contribution in [0.5, 0.6) is 0 Å². The van der Waals surface area contributed by atoms with E-state index >= 15 is 0 Å². The van der Waals surface area contributed by atoms with E-state index < -0.39 is 0 Å². The molecule has 1 saturated heterocycles. The summed E-state index contributed by atoms with van der Waals surface area (Å²) in [5.41, 5.74) is 0. The van der Waals surface area contributed by atoms with E-state index in [1.165, 1.54) is 6.33 Å². The molecule has 0 saturated carbocycles. The summed E-state index contributed by atoms with van der Waals surface area (Å²) in [6.07, 6.45) is 3.09. The minimum Gasteiger partial charge on any atom is -0.359 e. The summed E-state index contributed by atoms with van der Waals surface area (Å²) in [6, 6.07) is 1.78. The van der Waals surface area contributed by atoms with Gasteiger partial charge in [-0.3, -0.25) is 4.79 Å². The van der Waals surface area contributed by atoms with Gasteiger partial charge in [0, 0.05) is 32.1 Å². The number of halogens is 1. The summed E-state index contributed by atoms with van der Waals surface area (Å²) in [4.78, 5) is 22.0. The van der Waals surface area contributed by atoms with Crippen molar-refractivity contribution in [3.05, 3.63) is 17.5 Å². The predicted octanol–water partition coefficient (Wildman–Crippen LogP) is 0.740. The van der Waals surface area contributed by atoms with Crippen molar-refractivity contribution in [3.63, 3.8) is 0 Å². The third kappa shape index (κ3) is 2.29. The van der Waals surface area contributed by atoms with E-state index in [2.05, 4.69) is 25.3 Å². The molecule has 2 aromatic heterocycles. The zero-order valence-corrected chi connectivity index (χ0v) is 11.8. The zero-order valence-electron chi connectivity index (χ0n) is 11.1. The Hall–Kier alpha value is -1.89. The Morgan fingerprint density at radius 2 is 2.20 bits per heavy atom. The highest BCUT2D eigenvalue weighted by molar-refractivity contribution is 6.29. The van der Waals surface area contributed by atoms with Gasteiger partial charge in [0.05, 0.1) is 0 Å². The van der Waals surface area contributed by atoms with Crippen LogP contribution in [0, 0.1) is 5.92 Å². The van der Waals surface area contributed by atoms with E-state index in [-0.39, 0.29) is 11.8 Å². The molecule has 0 bridgehead atoms. The van der Waals surface area contributed by atoms with Gasteiger partial charge in [-0.1, -0.05) is 11.6 Å². The summed E-state index contributed by atoms with van der Waals surface area (Å²) in [6.45, 7) is 1.57. The van der Waals surface area contributed by atoms with Gasteiger partial charge in [0.2, 0.25) is 5.91 Å². The van der Waals surface area contributed by atoms with Crippen molar-refractivity contribution < 1.29 is 4.79 Å². The van der Waals surface area contributed by atoms with Crippen molar-refractivity contribution in [3.8, 4) is 0 Å². The average molecular weight is 295 g/mol. The van der Waals surface area contributed by atoms with Crippen LogP contribution in [0.1, 0.15) is 12.8 Å². The highest BCUT2D eigenvalue weighted by Crippen LogP contribution is 2.25. The van der Waals surface area contributed by atoms with Crippen molar-refractivity contribution >= 4 is 29.1 Å². The topological polar surface area (TPSA) is 75.4 Å². The molecule has 1 aliphatic rings. The zero-order chi connectivity index (χ0) is 14.1. The van der Waals surface area contributed by atoms with Crippen molar-refractivity contribution in [1.82, 2.24) is 24.9 Å². The normalized spacial score (nSPS) is 16.6. The van der Waals surface area contributed by atoms with Crippen LogP contribution >= 0.6 is 11.6 Å². The van der Waals surface area contributed by atoms with Crippen LogP contribution in [0.3, 0.4) is 0 Å². The van der Waals surface area contributed by atoms with Crippen molar-refractivity contribution in [2.45, 2.75) is 12.8 Å². The molecule has 0 radical (unpaired) electrons. The molecule has 1 N–H and O–H groups in total. The molecule has 0 spiro atoms. The van der Waals surface area contributed by atoms with Gasteiger partial charge in [0.1, 0.15) is 17.3 Å². The maximum atomic E-state index is 11.6. The summed E-state index contributed by atoms with van der Waals surface area (Å²) in [5, 5.41) is 7.27. The second-order valence-corrected chi connectivity index (χ2v) is 5.17. The largest absolute Gasteiger partial charge is 0.359 e. The molecule has 7 nitrogen and oxygen atoms in total. The molecule has 0 aromatic carbocycles. The Kier molecular flexibility index (Phi) is 3.43. The number of hydrogen-bond donors (Lipinski definition) is 1. The number of fused-ring (bicyclic) bond motifs is 1. The van der Waals surface area contributed by atoms with E-state index in [0.29, 0.717) is 10.9 Å². The molecule has 3 heterocycles. The van der Waals surface area contributed by atoms with Gasteiger partial charge in [-0.05, 0) is 12.8 Å². The summed E-state index contributed by atoms with van der Waals surface area (Å²) in [7, 11) is 1.68. The molecule has 1 amide bonds. The number of carbonyl (C=O) groups excluding carboxylic acids is 1. The second-order valence-electron chi connectivity index (χ2n) is 4.78. The summed E-state index contributed by atoms with van der Waals surface area (Å²) in [5.74, 6) is 1.55. The third-order valence-corrected chi connectivity index (χ3v) is 3.83. The molecular weight excluding hydrogens is 280 g/mol. The number of piperidine rings is 1. The smallest absolute Gasteiger partial charge is 0.255 e. The maximum Gasteiger partial charge on any atom is 0.255 e. The van der Waals surface area contributed by atoms with Crippen molar-refractivity contribution in [2.24, 2.45) is 5.92 Å². The molecule has 0 aliphatic carbocycles. The first-order valence-corrected chi connectivity index (χ1v) is 6.89. The van der Waals surface area contributed by atoms with Crippen LogP contribution in [-0.4, -0.2) is 45.6 Å². The lowest BCUT2D eigenvalue weighted by Gasteiger charge is -2.32. The van der Waals surface area contributed by atoms with Crippen LogP contribution in [0.2, 0.25) is 5.15 Å². The molecule has 1 aliphatic heterocycles. The number of hydrogen-bond acceptors (Lipinski definition) is 5. The molecule has 106 valence electrons. The fourth-order valence-electron chi connectivity index (χ4n) is 2.57. The number of carbonyl (C=O) groups is 1. The lowest BCUT2D eigenvalue weighted by Crippen LogP contribution is -2.40. The third-order valence-electron chi connectivity index (χ3n) is 3.64. The van der Waals surface area contributed by atoms with E-state index in [9.17, 15) is 4.79 Å². The Bertz CT molecular complexity index is 634. The highest BCUT2D eigenvalue weighted by Gasteiger charge is 2.25. The van der Waals surface area contributed by atoms with E-state index in [1.54, 1.807) is 17.6 Å². The van der Waals surface area contributed by atoms with Gasteiger partial charge >= 0.3 is 0 Å². The molecule has 0 unspecified atom stereocenters. The van der Waals surface area contributed by atoms with Gasteiger partial charge in [-0.15, -0.1) is 0 Å². The first-order valence-electron chi connectivity index (χ1n) is 6.52. The first kappa shape index (κ1) is 13.1. The van der Waals surface area contributed by atoms with Gasteiger partial charge in [-0.25, -0.2) is 0 Å². The van der Waals surface area contributed by atoms with Gasteiger partial charge in [0.15, 0.2) is 0 Å². The van der Waals surface area contributed by atoms with Crippen molar-refractivity contribution in [1.29, 1.82) is 0 Å². The van der Waals surface area contributed by atoms with E-state index in [0.717, 1.165) is 31.7 Å². The lowest BCUT2D eigenvalue weighted by atomic mass is 9.96. The number of nitrogens with zero attached hydrogens (tertiary/aromatic N) is 5. The molecule has 0 atom stereocenters. The SMILES string of the molecule is CNC(=O)C1CCN(c2cc(Cl)nc3ncnn23)CC1. The number of aromatic nitrogens is 4. The number of anilines is 1.